The van der Waals surface area contributed by atoms with Gasteiger partial charge in [-0.05, 0) is 0 Å². The number of ether oxygens (including phenoxy) is 1. The van der Waals surface area contributed by atoms with Gasteiger partial charge in [-0.3, -0.25) is 0 Å². The first-order chi connectivity index (χ1) is 12.9. The molecule has 0 radical (unpaired) electrons. The minimum absolute atomic E-state index is 0.181. The van der Waals surface area contributed by atoms with Gasteiger partial charge in [0, 0.05) is 50.2 Å². The molecule has 5 atom stereocenters. The van der Waals surface area contributed by atoms with Crippen LogP contribution in [0, 0.1) is 9.81 Å². The van der Waals surface area contributed by atoms with Crippen LogP contribution in [0.1, 0.15) is 40.5 Å². The van der Waals surface area contributed by atoms with Crippen molar-refractivity contribution in [3.8, 4) is 0 Å². The highest BCUT2D eigenvalue weighted by Gasteiger charge is 2.56. The maximum absolute atomic E-state index is 12.6. The van der Waals surface area contributed by atoms with Gasteiger partial charge in [-0.2, -0.15) is 5.01 Å². The van der Waals surface area contributed by atoms with Crippen molar-refractivity contribution in [2.75, 3.05) is 6.61 Å². The minimum atomic E-state index is -1.72. The second kappa shape index (κ2) is 7.95. The fourth-order valence-electron chi connectivity index (χ4n) is 4.11. The lowest BCUT2D eigenvalue weighted by atomic mass is 9.79. The van der Waals surface area contributed by atoms with Crippen LogP contribution >= 0.6 is 0 Å². The van der Waals surface area contributed by atoms with Crippen LogP contribution in [0.2, 0.25) is 0 Å². The highest BCUT2D eigenvalue weighted by molar-refractivity contribution is 5.74. The van der Waals surface area contributed by atoms with Crippen LogP contribution in [0.5, 0.6) is 0 Å². The molecule has 2 aliphatic rings. The third-order valence-corrected chi connectivity index (χ3v) is 5.40. The van der Waals surface area contributed by atoms with Gasteiger partial charge in [-0.25, -0.2) is 4.79 Å². The lowest BCUT2D eigenvalue weighted by molar-refractivity contribution is -0.694. The van der Waals surface area contributed by atoms with E-state index in [9.17, 15) is 29.9 Å². The minimum Gasteiger partial charge on any atom is -0.394 e. The van der Waals surface area contributed by atoms with Crippen LogP contribution in [-0.2, 0) is 4.74 Å². The number of amides is 2. The largest absolute Gasteiger partial charge is 0.394 e. The number of aliphatic hydroxyl groups is 4. The first kappa shape index (κ1) is 22.6. The zero-order valence-corrected chi connectivity index (χ0v) is 16.3. The van der Waals surface area contributed by atoms with E-state index >= 15 is 0 Å². The molecule has 2 heterocycles. The van der Waals surface area contributed by atoms with E-state index in [0.717, 1.165) is 4.76 Å². The molecule has 0 bridgehead atoms. The number of urea groups is 1. The molecular weight excluding hydrogens is 376 g/mol. The first-order valence-electron chi connectivity index (χ1n) is 9.06. The monoisotopic (exact) mass is 405 g/mol. The Hall–Kier alpha value is -1.73. The molecule has 28 heavy (non-hydrogen) atoms. The summed E-state index contributed by atoms with van der Waals surface area (Å²) in [6.45, 7) is 6.15. The first-order valence-corrected chi connectivity index (χ1v) is 9.06. The summed E-state index contributed by atoms with van der Waals surface area (Å²) in [4.78, 5) is 36.5. The maximum atomic E-state index is 12.6. The molecule has 0 aliphatic carbocycles. The standard InChI is InChI=1S/C16H28N4O8/c1-15(2)5-8(6-16(3,4)20(15)27)19(18-26)14(25)17-10-12(23)11(22)9(7-21)28-13(10)24/h8-13,21-24H,5-7H2,1-4H3/p+1. The lowest BCUT2D eigenvalue weighted by Gasteiger charge is -2.42. The molecule has 2 amide bonds. The van der Waals surface area contributed by atoms with Gasteiger partial charge in [0.2, 0.25) is 11.1 Å². The van der Waals surface area contributed by atoms with E-state index in [-0.39, 0.29) is 12.8 Å². The maximum Gasteiger partial charge on any atom is 0.341 e. The number of piperidine rings is 1. The van der Waals surface area contributed by atoms with Crippen LogP contribution < -0.4 is 5.32 Å². The summed E-state index contributed by atoms with van der Waals surface area (Å²) in [6.07, 6.45) is -5.78. The molecule has 12 nitrogen and oxygen atoms in total. The van der Waals surface area contributed by atoms with Crippen LogP contribution in [0.4, 0.5) is 4.79 Å². The number of hydrogen-bond acceptors (Lipinski definition) is 9. The molecular formula is C16H29N4O8+. The van der Waals surface area contributed by atoms with E-state index in [1.807, 2.05) is 0 Å². The Morgan fingerprint density at radius 1 is 1.18 bits per heavy atom. The molecule has 2 aliphatic heterocycles. The van der Waals surface area contributed by atoms with Crippen molar-refractivity contribution in [3.63, 3.8) is 0 Å². The Kier molecular flexibility index (Phi) is 6.40. The second-order valence-electron chi connectivity index (χ2n) is 8.61. The molecule has 0 aromatic carbocycles. The Morgan fingerprint density at radius 2 is 1.71 bits per heavy atom. The molecule has 2 fully saturated rings. The Morgan fingerprint density at radius 3 is 2.18 bits per heavy atom. The Labute approximate surface area is 162 Å². The van der Waals surface area contributed by atoms with Crippen molar-refractivity contribution >= 4 is 6.03 Å². The summed E-state index contributed by atoms with van der Waals surface area (Å²) in [5.74, 6) is 0. The highest BCUT2D eigenvalue weighted by Crippen LogP contribution is 2.36. The van der Waals surface area contributed by atoms with E-state index in [1.165, 1.54) is 0 Å². The summed E-state index contributed by atoms with van der Waals surface area (Å²) in [5.41, 5.74) is -1.71. The summed E-state index contributed by atoms with van der Waals surface area (Å²) in [7, 11) is 0. The van der Waals surface area contributed by atoms with Gasteiger partial charge >= 0.3 is 6.03 Å². The van der Waals surface area contributed by atoms with E-state index < -0.39 is 60.4 Å². The van der Waals surface area contributed by atoms with Gasteiger partial charge in [0.15, 0.2) is 6.29 Å². The quantitative estimate of drug-likeness (QED) is 0.224. The molecule has 0 aromatic heterocycles. The summed E-state index contributed by atoms with van der Waals surface area (Å²) in [5, 5.41) is 44.8. The number of rotatable bonds is 4. The number of nitrogens with zero attached hydrogens (tertiary/aromatic N) is 3. The van der Waals surface area contributed by atoms with Crippen molar-refractivity contribution in [2.24, 2.45) is 5.29 Å². The predicted molar refractivity (Wildman–Crippen MR) is 94.7 cm³/mol. The number of hydrogen-bond donors (Lipinski definition) is 5. The molecule has 0 aromatic rings. The molecule has 5 unspecified atom stereocenters. The molecule has 2 saturated heterocycles. The average molecular weight is 405 g/mol. The number of aliphatic hydroxyl groups excluding tert-OH is 4. The fourth-order valence-corrected chi connectivity index (χ4v) is 4.11. The van der Waals surface area contributed by atoms with Crippen LogP contribution in [-0.4, -0.2) is 90.6 Å². The highest BCUT2D eigenvalue weighted by atomic mass is 16.6. The number of nitroso groups, excluding NO2 is 2. The van der Waals surface area contributed by atoms with Crippen molar-refractivity contribution in [1.82, 2.24) is 10.3 Å². The lowest BCUT2D eigenvalue weighted by Crippen LogP contribution is -2.66. The normalized spacial score (nSPS) is 35.3. The molecule has 2 rings (SSSR count). The van der Waals surface area contributed by atoms with Gasteiger partial charge in [-0.15, -0.1) is 4.91 Å². The summed E-state index contributed by atoms with van der Waals surface area (Å²) >= 11 is 0. The third-order valence-electron chi connectivity index (χ3n) is 5.40. The Balaban J connectivity index is 2.16. The predicted octanol–water partition coefficient (Wildman–Crippen LogP) is -1.02. The van der Waals surface area contributed by atoms with Gasteiger partial charge in [0.25, 0.3) is 0 Å². The fraction of sp³-hybridized carbons (Fsp3) is 0.938. The van der Waals surface area contributed by atoms with Crippen molar-refractivity contribution in [2.45, 2.75) is 88.3 Å². The van der Waals surface area contributed by atoms with Gasteiger partial charge in [0.1, 0.15) is 24.4 Å². The number of carbonyl (C=O) groups excluding carboxylic acids is 1. The molecule has 0 spiro atoms. The van der Waals surface area contributed by atoms with Crippen molar-refractivity contribution in [3.05, 3.63) is 9.81 Å². The number of nitrogens with one attached hydrogen (secondary N) is 1. The van der Waals surface area contributed by atoms with Crippen LogP contribution in [0.15, 0.2) is 5.29 Å². The molecule has 5 N–H and O–H groups in total. The van der Waals surface area contributed by atoms with Gasteiger partial charge in [0.05, 0.1) is 17.9 Å². The third kappa shape index (κ3) is 4.15. The topological polar surface area (TPSA) is 172 Å². The van der Waals surface area contributed by atoms with Crippen LogP contribution in [0.25, 0.3) is 0 Å². The average Bonchev–Trinajstić information content (AvgIpc) is 2.59. The van der Waals surface area contributed by atoms with Gasteiger partial charge < -0.3 is 30.5 Å². The van der Waals surface area contributed by atoms with E-state index in [2.05, 4.69) is 10.6 Å². The van der Waals surface area contributed by atoms with Crippen LogP contribution in [0.3, 0.4) is 0 Å². The molecule has 160 valence electrons. The van der Waals surface area contributed by atoms with Crippen molar-refractivity contribution in [1.29, 1.82) is 0 Å². The number of carbonyl (C=O) groups is 1. The molecule has 0 saturated carbocycles. The van der Waals surface area contributed by atoms with E-state index in [1.54, 1.807) is 27.7 Å². The van der Waals surface area contributed by atoms with E-state index in [0.29, 0.717) is 5.01 Å². The van der Waals surface area contributed by atoms with E-state index in [4.69, 9.17) is 9.84 Å². The zero-order chi connectivity index (χ0) is 21.4. The summed E-state index contributed by atoms with van der Waals surface area (Å²) in [6, 6.07) is -3.15. The van der Waals surface area contributed by atoms with Gasteiger partial charge in [-0.1, -0.05) is 0 Å². The molecule has 12 heteroatoms. The smallest absolute Gasteiger partial charge is 0.341 e. The van der Waals surface area contributed by atoms with Crippen molar-refractivity contribution < 1.29 is 34.7 Å². The summed E-state index contributed by atoms with van der Waals surface area (Å²) < 4.78 is 5.91. The SMILES string of the molecule is CC1(C)CC(N(N=O)C(=O)NC2C(O)OC(CO)C(O)C2O)CC(C)(C)[N+]1=O. The second-order valence-corrected chi connectivity index (χ2v) is 8.61. The zero-order valence-electron chi connectivity index (χ0n) is 16.3. The Bertz CT molecular complexity index is 608.